The lowest BCUT2D eigenvalue weighted by molar-refractivity contribution is 0.294. The summed E-state index contributed by atoms with van der Waals surface area (Å²) in [6.45, 7) is 8.13. The van der Waals surface area contributed by atoms with Crippen molar-refractivity contribution in [3.8, 4) is 5.75 Å². The van der Waals surface area contributed by atoms with Gasteiger partial charge in [-0.2, -0.15) is 0 Å². The SMILES string of the molecule is CC.CN[C@H](CN1CCCC1)c1cccc(OCc2ccccc2)c1. The highest BCUT2D eigenvalue weighted by Gasteiger charge is 2.18. The fourth-order valence-corrected chi connectivity index (χ4v) is 3.15. The molecule has 25 heavy (non-hydrogen) atoms. The summed E-state index contributed by atoms with van der Waals surface area (Å²) in [6, 6.07) is 19.1. The lowest BCUT2D eigenvalue weighted by atomic mass is 10.1. The van der Waals surface area contributed by atoms with E-state index in [1.165, 1.54) is 37.1 Å². The predicted molar refractivity (Wildman–Crippen MR) is 106 cm³/mol. The van der Waals surface area contributed by atoms with Gasteiger partial charge in [-0.05, 0) is 56.2 Å². The van der Waals surface area contributed by atoms with Crippen molar-refractivity contribution in [1.29, 1.82) is 0 Å². The molecule has 1 fully saturated rings. The van der Waals surface area contributed by atoms with Crippen LogP contribution in [0.5, 0.6) is 5.75 Å². The van der Waals surface area contributed by atoms with E-state index in [0.29, 0.717) is 12.6 Å². The third kappa shape index (κ3) is 6.18. The highest BCUT2D eigenvalue weighted by Crippen LogP contribution is 2.22. The molecule has 0 unspecified atom stereocenters. The van der Waals surface area contributed by atoms with Crippen LogP contribution in [0, 0.1) is 0 Å². The Morgan fingerprint density at radius 3 is 2.40 bits per heavy atom. The fourth-order valence-electron chi connectivity index (χ4n) is 3.15. The van der Waals surface area contributed by atoms with Crippen LogP contribution in [0.2, 0.25) is 0 Å². The molecule has 3 heteroatoms. The first-order valence-corrected chi connectivity index (χ1v) is 9.51. The highest BCUT2D eigenvalue weighted by atomic mass is 16.5. The highest BCUT2D eigenvalue weighted by molar-refractivity contribution is 5.31. The number of likely N-dealkylation sites (tertiary alicyclic amines) is 1. The molecule has 3 rings (SSSR count). The summed E-state index contributed by atoms with van der Waals surface area (Å²) in [4.78, 5) is 2.54. The van der Waals surface area contributed by atoms with E-state index < -0.39 is 0 Å². The molecule has 2 aromatic carbocycles. The fraction of sp³-hybridized carbons (Fsp3) is 0.455. The summed E-state index contributed by atoms with van der Waals surface area (Å²) in [5.41, 5.74) is 2.49. The van der Waals surface area contributed by atoms with E-state index in [2.05, 4.69) is 40.5 Å². The van der Waals surface area contributed by atoms with Gasteiger partial charge >= 0.3 is 0 Å². The van der Waals surface area contributed by atoms with Crippen LogP contribution < -0.4 is 10.1 Å². The first kappa shape index (κ1) is 19.5. The summed E-state index contributed by atoms with van der Waals surface area (Å²) in [5.74, 6) is 0.938. The Morgan fingerprint density at radius 2 is 1.72 bits per heavy atom. The quantitative estimate of drug-likeness (QED) is 0.794. The van der Waals surface area contributed by atoms with Gasteiger partial charge < -0.3 is 15.0 Å². The smallest absolute Gasteiger partial charge is 0.120 e. The first-order valence-electron chi connectivity index (χ1n) is 9.51. The molecule has 3 nitrogen and oxygen atoms in total. The van der Waals surface area contributed by atoms with Crippen LogP contribution in [0.1, 0.15) is 43.9 Å². The second kappa shape index (κ2) is 10.9. The van der Waals surface area contributed by atoms with Crippen LogP contribution in [0.15, 0.2) is 54.6 Å². The van der Waals surface area contributed by atoms with Gasteiger partial charge in [-0.3, -0.25) is 0 Å². The number of ether oxygens (including phenoxy) is 1. The number of nitrogens with one attached hydrogen (secondary N) is 1. The number of nitrogens with zero attached hydrogens (tertiary/aromatic N) is 1. The predicted octanol–water partition coefficient (Wildman–Crippen LogP) is 4.65. The average Bonchev–Trinajstić information content (AvgIpc) is 3.20. The maximum atomic E-state index is 5.96. The minimum Gasteiger partial charge on any atom is -0.489 e. The van der Waals surface area contributed by atoms with Gasteiger partial charge in [0.15, 0.2) is 0 Å². The molecule has 1 N–H and O–H groups in total. The number of benzene rings is 2. The summed E-state index contributed by atoms with van der Waals surface area (Å²) in [7, 11) is 2.04. The Bertz CT molecular complexity index is 594. The molecule has 0 radical (unpaired) electrons. The summed E-state index contributed by atoms with van der Waals surface area (Å²) >= 11 is 0. The first-order chi connectivity index (χ1) is 12.3. The topological polar surface area (TPSA) is 24.5 Å². The normalized spacial score (nSPS) is 15.3. The van der Waals surface area contributed by atoms with Gasteiger partial charge in [0.1, 0.15) is 12.4 Å². The molecule has 1 aliphatic heterocycles. The molecule has 0 amide bonds. The molecule has 1 atom stereocenters. The third-order valence-electron chi connectivity index (χ3n) is 4.50. The Hall–Kier alpha value is -1.84. The van der Waals surface area contributed by atoms with Crippen LogP contribution in [-0.4, -0.2) is 31.6 Å². The lowest BCUT2D eigenvalue weighted by Gasteiger charge is -2.23. The molecule has 2 aromatic rings. The van der Waals surface area contributed by atoms with Crippen molar-refractivity contribution in [1.82, 2.24) is 10.2 Å². The van der Waals surface area contributed by atoms with Gasteiger partial charge in [-0.1, -0.05) is 56.3 Å². The molecule has 0 spiro atoms. The van der Waals surface area contributed by atoms with Crippen molar-refractivity contribution >= 4 is 0 Å². The molecule has 0 bridgehead atoms. The monoisotopic (exact) mass is 340 g/mol. The Morgan fingerprint density at radius 1 is 1.00 bits per heavy atom. The molecule has 0 saturated carbocycles. The van der Waals surface area contributed by atoms with E-state index in [-0.39, 0.29) is 0 Å². The van der Waals surface area contributed by atoms with Gasteiger partial charge in [0, 0.05) is 12.6 Å². The van der Waals surface area contributed by atoms with E-state index in [1.54, 1.807) is 0 Å². The minimum absolute atomic E-state index is 0.355. The number of likely N-dealkylation sites (N-methyl/N-ethyl adjacent to an activating group) is 1. The van der Waals surface area contributed by atoms with Crippen molar-refractivity contribution in [2.75, 3.05) is 26.7 Å². The number of hydrogen-bond acceptors (Lipinski definition) is 3. The van der Waals surface area contributed by atoms with Gasteiger partial charge in [0.2, 0.25) is 0 Å². The third-order valence-corrected chi connectivity index (χ3v) is 4.50. The van der Waals surface area contributed by atoms with Gasteiger partial charge in [0.05, 0.1) is 0 Å². The van der Waals surface area contributed by atoms with Crippen LogP contribution >= 0.6 is 0 Å². The van der Waals surface area contributed by atoms with E-state index in [4.69, 9.17) is 4.74 Å². The Kier molecular flexibility index (Phi) is 8.50. The van der Waals surface area contributed by atoms with E-state index >= 15 is 0 Å². The Balaban J connectivity index is 0.00000109. The van der Waals surface area contributed by atoms with Crippen LogP contribution in [0.3, 0.4) is 0 Å². The van der Waals surface area contributed by atoms with Crippen molar-refractivity contribution in [2.45, 2.75) is 39.3 Å². The second-order valence-electron chi connectivity index (χ2n) is 6.20. The Labute approximate surface area is 153 Å². The molecule has 1 aliphatic rings. The number of hydrogen-bond donors (Lipinski definition) is 1. The van der Waals surface area contributed by atoms with E-state index in [0.717, 1.165) is 12.3 Å². The minimum atomic E-state index is 0.355. The average molecular weight is 341 g/mol. The van der Waals surface area contributed by atoms with Crippen molar-refractivity contribution in [3.05, 3.63) is 65.7 Å². The number of rotatable bonds is 7. The maximum Gasteiger partial charge on any atom is 0.120 e. The molecule has 1 heterocycles. The zero-order valence-electron chi connectivity index (χ0n) is 15.9. The standard InChI is InChI=1S/C20H26N2O.C2H6/c1-21-20(15-22-12-5-6-13-22)18-10-7-11-19(14-18)23-16-17-8-3-2-4-9-17;1-2/h2-4,7-11,14,20-21H,5-6,12-13,15-16H2,1H3;1-2H3/t20-;/m1./s1. The second-order valence-corrected chi connectivity index (χ2v) is 6.20. The van der Waals surface area contributed by atoms with Crippen molar-refractivity contribution in [3.63, 3.8) is 0 Å². The lowest BCUT2D eigenvalue weighted by Crippen LogP contribution is -2.31. The molecule has 1 saturated heterocycles. The van der Waals surface area contributed by atoms with Gasteiger partial charge in [-0.25, -0.2) is 0 Å². The maximum absolute atomic E-state index is 5.96. The molecular formula is C22H32N2O. The van der Waals surface area contributed by atoms with E-state index in [9.17, 15) is 0 Å². The zero-order chi connectivity index (χ0) is 17.9. The molecule has 0 aromatic heterocycles. The van der Waals surface area contributed by atoms with Crippen LogP contribution in [0.25, 0.3) is 0 Å². The van der Waals surface area contributed by atoms with Crippen LogP contribution in [0.4, 0.5) is 0 Å². The summed E-state index contributed by atoms with van der Waals surface area (Å²) in [6.07, 6.45) is 2.66. The van der Waals surface area contributed by atoms with Crippen molar-refractivity contribution in [2.24, 2.45) is 0 Å². The summed E-state index contributed by atoms with van der Waals surface area (Å²) in [5, 5.41) is 3.45. The molecular weight excluding hydrogens is 308 g/mol. The molecule has 0 aliphatic carbocycles. The van der Waals surface area contributed by atoms with Gasteiger partial charge in [0.25, 0.3) is 0 Å². The zero-order valence-corrected chi connectivity index (χ0v) is 15.9. The van der Waals surface area contributed by atoms with Gasteiger partial charge in [-0.15, -0.1) is 0 Å². The van der Waals surface area contributed by atoms with Crippen molar-refractivity contribution < 1.29 is 4.74 Å². The summed E-state index contributed by atoms with van der Waals surface area (Å²) < 4.78 is 5.96. The van der Waals surface area contributed by atoms with Crippen LogP contribution in [-0.2, 0) is 6.61 Å². The van der Waals surface area contributed by atoms with E-state index in [1.807, 2.05) is 45.2 Å². The molecule has 136 valence electrons. The largest absolute Gasteiger partial charge is 0.489 e.